The summed E-state index contributed by atoms with van der Waals surface area (Å²) in [5, 5.41) is 14.0. The molecule has 9 heteroatoms. The van der Waals surface area contributed by atoms with Crippen LogP contribution >= 0.6 is 0 Å². The van der Waals surface area contributed by atoms with Crippen LogP contribution in [-0.4, -0.2) is 57.4 Å². The normalized spacial score (nSPS) is 17.9. The molecule has 0 aliphatic carbocycles. The van der Waals surface area contributed by atoms with Crippen molar-refractivity contribution >= 4 is 17.7 Å². The van der Waals surface area contributed by atoms with Gasteiger partial charge in [-0.1, -0.05) is 30.3 Å². The Morgan fingerprint density at radius 1 is 1.11 bits per heavy atom. The number of para-hydroxylation sites is 1. The lowest BCUT2D eigenvalue weighted by molar-refractivity contribution is -0.0104. The number of nitrogens with one attached hydrogen (secondary N) is 1. The SMILES string of the molecule is CC(C)(C)OC(=O)N1CCC(CNc2ncnc(N)c2-c2ccc(Oc3ccccc3)cc2)C(O)C1. The smallest absolute Gasteiger partial charge is 0.410 e. The third-order valence-electron chi connectivity index (χ3n) is 5.90. The van der Waals surface area contributed by atoms with Crippen LogP contribution in [0.1, 0.15) is 27.2 Å². The first kappa shape index (κ1) is 25.2. The van der Waals surface area contributed by atoms with Crippen molar-refractivity contribution in [2.75, 3.05) is 30.7 Å². The number of nitrogen functional groups attached to an aromatic ring is 1. The van der Waals surface area contributed by atoms with E-state index in [0.29, 0.717) is 42.5 Å². The van der Waals surface area contributed by atoms with Crippen LogP contribution in [-0.2, 0) is 4.74 Å². The number of nitrogens with two attached hydrogens (primary N) is 1. The number of ether oxygens (including phenoxy) is 2. The number of likely N-dealkylation sites (tertiary alicyclic amines) is 1. The number of carbonyl (C=O) groups excluding carboxylic acids is 1. The van der Waals surface area contributed by atoms with Crippen LogP contribution in [0.4, 0.5) is 16.4 Å². The number of piperidine rings is 1. The largest absolute Gasteiger partial charge is 0.457 e. The number of aliphatic hydroxyl groups excluding tert-OH is 1. The molecule has 1 aliphatic rings. The summed E-state index contributed by atoms with van der Waals surface area (Å²) >= 11 is 0. The van der Waals surface area contributed by atoms with E-state index in [1.807, 2.05) is 75.4 Å². The van der Waals surface area contributed by atoms with E-state index < -0.39 is 17.8 Å². The lowest BCUT2D eigenvalue weighted by atomic mass is 9.94. The molecule has 1 aliphatic heterocycles. The van der Waals surface area contributed by atoms with Crippen molar-refractivity contribution in [2.24, 2.45) is 5.92 Å². The fraction of sp³-hybridized carbons (Fsp3) is 0.370. The van der Waals surface area contributed by atoms with Crippen LogP contribution in [0.15, 0.2) is 60.9 Å². The molecule has 190 valence electrons. The zero-order valence-corrected chi connectivity index (χ0v) is 20.8. The third kappa shape index (κ3) is 6.42. The highest BCUT2D eigenvalue weighted by molar-refractivity contribution is 5.83. The number of hydrogen-bond acceptors (Lipinski definition) is 8. The Bertz CT molecular complexity index is 1170. The Morgan fingerprint density at radius 3 is 2.47 bits per heavy atom. The van der Waals surface area contributed by atoms with E-state index in [9.17, 15) is 9.90 Å². The predicted molar refractivity (Wildman–Crippen MR) is 139 cm³/mol. The second kappa shape index (κ2) is 10.8. The highest BCUT2D eigenvalue weighted by atomic mass is 16.6. The Balaban J connectivity index is 1.40. The molecule has 9 nitrogen and oxygen atoms in total. The van der Waals surface area contributed by atoms with Crippen LogP contribution in [0, 0.1) is 5.92 Å². The molecule has 2 unspecified atom stereocenters. The van der Waals surface area contributed by atoms with Gasteiger partial charge in [-0.15, -0.1) is 0 Å². The number of rotatable bonds is 6. The second-order valence-electron chi connectivity index (χ2n) is 9.85. The summed E-state index contributed by atoms with van der Waals surface area (Å²) in [5.74, 6) is 2.33. The van der Waals surface area contributed by atoms with Gasteiger partial charge in [-0.3, -0.25) is 0 Å². The molecular weight excluding hydrogens is 458 g/mol. The van der Waals surface area contributed by atoms with Gasteiger partial charge in [-0.2, -0.15) is 0 Å². The Kier molecular flexibility index (Phi) is 7.59. The number of β-amino-alcohol motifs (C(OH)–C–C–N with tert-alkyl or cyclic N) is 1. The molecule has 1 aromatic heterocycles. The van der Waals surface area contributed by atoms with E-state index in [0.717, 1.165) is 11.3 Å². The van der Waals surface area contributed by atoms with Crippen molar-refractivity contribution < 1.29 is 19.4 Å². The molecule has 36 heavy (non-hydrogen) atoms. The second-order valence-corrected chi connectivity index (χ2v) is 9.85. The quantitative estimate of drug-likeness (QED) is 0.459. The van der Waals surface area contributed by atoms with Gasteiger partial charge in [0.2, 0.25) is 0 Å². The van der Waals surface area contributed by atoms with Crippen molar-refractivity contribution in [1.82, 2.24) is 14.9 Å². The number of anilines is 2. The average Bonchev–Trinajstić information content (AvgIpc) is 2.83. The summed E-state index contributed by atoms with van der Waals surface area (Å²) in [6, 6.07) is 17.1. The van der Waals surface area contributed by atoms with Crippen molar-refractivity contribution in [3.05, 3.63) is 60.9 Å². The minimum Gasteiger partial charge on any atom is -0.457 e. The molecule has 0 bridgehead atoms. The molecule has 3 aromatic rings. The maximum Gasteiger partial charge on any atom is 0.410 e. The number of aliphatic hydroxyl groups is 1. The molecule has 0 radical (unpaired) electrons. The van der Waals surface area contributed by atoms with E-state index in [1.165, 1.54) is 6.33 Å². The first-order valence-corrected chi connectivity index (χ1v) is 12.0. The molecule has 1 fully saturated rings. The Morgan fingerprint density at radius 2 is 1.81 bits per heavy atom. The van der Waals surface area contributed by atoms with Crippen molar-refractivity contribution in [1.29, 1.82) is 0 Å². The van der Waals surface area contributed by atoms with Crippen molar-refractivity contribution in [2.45, 2.75) is 38.9 Å². The molecule has 2 atom stereocenters. The zero-order valence-electron chi connectivity index (χ0n) is 20.8. The topological polar surface area (TPSA) is 123 Å². The molecule has 1 saturated heterocycles. The van der Waals surface area contributed by atoms with Gasteiger partial charge in [-0.05, 0) is 57.0 Å². The molecule has 1 amide bonds. The minimum absolute atomic E-state index is 0.0608. The van der Waals surface area contributed by atoms with Gasteiger partial charge in [0.1, 0.15) is 35.1 Å². The maximum atomic E-state index is 12.3. The third-order valence-corrected chi connectivity index (χ3v) is 5.90. The van der Waals surface area contributed by atoms with E-state index >= 15 is 0 Å². The lowest BCUT2D eigenvalue weighted by Crippen LogP contribution is -2.49. The Labute approximate surface area is 211 Å². The highest BCUT2D eigenvalue weighted by Crippen LogP contribution is 2.33. The molecule has 0 spiro atoms. The molecule has 2 aromatic carbocycles. The number of hydrogen-bond donors (Lipinski definition) is 3. The van der Waals surface area contributed by atoms with Crippen LogP contribution in [0.2, 0.25) is 0 Å². The minimum atomic E-state index is -0.684. The van der Waals surface area contributed by atoms with E-state index in [-0.39, 0.29) is 12.5 Å². The van der Waals surface area contributed by atoms with Crippen LogP contribution < -0.4 is 15.8 Å². The number of aromatic nitrogens is 2. The van der Waals surface area contributed by atoms with E-state index in [4.69, 9.17) is 15.2 Å². The van der Waals surface area contributed by atoms with Crippen LogP contribution in [0.5, 0.6) is 11.5 Å². The summed E-state index contributed by atoms with van der Waals surface area (Å²) in [6.07, 6.45) is 0.957. The summed E-state index contributed by atoms with van der Waals surface area (Å²) in [6.45, 7) is 6.69. The fourth-order valence-corrected chi connectivity index (χ4v) is 4.07. The zero-order chi connectivity index (χ0) is 25.7. The molecule has 2 heterocycles. The Hall–Kier alpha value is -3.85. The standard InChI is InChI=1S/C27H33N5O4/c1-27(2,3)36-26(34)32-14-13-19(22(33)16-32)15-29-25-23(24(28)30-17-31-25)18-9-11-21(12-10-18)35-20-7-5-4-6-8-20/h4-12,17,19,22,33H,13-16H2,1-3H3,(H3,28,29,30,31). The van der Waals surface area contributed by atoms with E-state index in [1.54, 1.807) is 4.90 Å². The van der Waals surface area contributed by atoms with Gasteiger partial charge in [0, 0.05) is 19.0 Å². The first-order valence-electron chi connectivity index (χ1n) is 12.0. The van der Waals surface area contributed by atoms with Gasteiger partial charge < -0.3 is 30.5 Å². The van der Waals surface area contributed by atoms with Crippen LogP contribution in [0.25, 0.3) is 11.1 Å². The lowest BCUT2D eigenvalue weighted by Gasteiger charge is -2.36. The molecule has 4 rings (SSSR count). The number of benzene rings is 2. The molecule has 0 saturated carbocycles. The van der Waals surface area contributed by atoms with Crippen molar-refractivity contribution in [3.63, 3.8) is 0 Å². The average molecular weight is 492 g/mol. The van der Waals surface area contributed by atoms with Gasteiger partial charge >= 0.3 is 6.09 Å². The van der Waals surface area contributed by atoms with Crippen LogP contribution in [0.3, 0.4) is 0 Å². The summed E-state index contributed by atoms with van der Waals surface area (Å²) in [4.78, 5) is 22.5. The highest BCUT2D eigenvalue weighted by Gasteiger charge is 2.32. The van der Waals surface area contributed by atoms with Gasteiger partial charge in [0.05, 0.1) is 18.2 Å². The number of carbonyl (C=O) groups is 1. The van der Waals surface area contributed by atoms with Gasteiger partial charge in [0.25, 0.3) is 0 Å². The monoisotopic (exact) mass is 491 g/mol. The van der Waals surface area contributed by atoms with Crippen molar-refractivity contribution in [3.8, 4) is 22.6 Å². The predicted octanol–water partition coefficient (Wildman–Crippen LogP) is 4.55. The fourth-order valence-electron chi connectivity index (χ4n) is 4.07. The maximum absolute atomic E-state index is 12.3. The first-order chi connectivity index (χ1) is 17.2. The summed E-state index contributed by atoms with van der Waals surface area (Å²) in [5.41, 5.74) is 7.18. The molecule has 4 N–H and O–H groups in total. The van der Waals surface area contributed by atoms with Gasteiger partial charge in [-0.25, -0.2) is 14.8 Å². The number of nitrogens with zero attached hydrogens (tertiary/aromatic N) is 3. The molecular formula is C27H33N5O4. The number of amides is 1. The summed E-state index contributed by atoms with van der Waals surface area (Å²) < 4.78 is 11.3. The van der Waals surface area contributed by atoms with Gasteiger partial charge in [0.15, 0.2) is 0 Å². The summed E-state index contributed by atoms with van der Waals surface area (Å²) in [7, 11) is 0. The van der Waals surface area contributed by atoms with E-state index in [2.05, 4.69) is 15.3 Å².